The number of nitrogens with one attached hydrogen (secondary N) is 1. The predicted molar refractivity (Wildman–Crippen MR) is 93.6 cm³/mol. The van der Waals surface area contributed by atoms with Crippen LogP contribution in [0.5, 0.6) is 0 Å². The normalized spacial score (nSPS) is 11.4. The fourth-order valence-corrected chi connectivity index (χ4v) is 3.53. The van der Waals surface area contributed by atoms with Gasteiger partial charge in [0.05, 0.1) is 22.5 Å². The summed E-state index contributed by atoms with van der Waals surface area (Å²) in [5, 5.41) is 3.74. The number of carbonyl (C=O) groups is 1. The van der Waals surface area contributed by atoms with E-state index in [2.05, 4.69) is 10.3 Å². The number of pyridine rings is 1. The van der Waals surface area contributed by atoms with Crippen molar-refractivity contribution in [1.29, 1.82) is 0 Å². The van der Waals surface area contributed by atoms with Crippen LogP contribution in [0.4, 0.5) is 5.69 Å². The Morgan fingerprint density at radius 3 is 2.58 bits per heavy atom. The Morgan fingerprint density at radius 2 is 1.79 bits per heavy atom. The third kappa shape index (κ3) is 3.44. The molecule has 3 rings (SSSR count). The largest absolute Gasteiger partial charge is 0.324 e. The minimum Gasteiger partial charge on any atom is -0.324 e. The molecule has 0 spiro atoms. The van der Waals surface area contributed by atoms with Gasteiger partial charge in [-0.3, -0.25) is 9.78 Å². The maximum absolute atomic E-state index is 12.4. The number of nitrogens with zero attached hydrogens (tertiary/aromatic N) is 1. The van der Waals surface area contributed by atoms with E-state index in [4.69, 9.17) is 0 Å². The summed E-state index contributed by atoms with van der Waals surface area (Å²) < 4.78 is 23.7. The molecule has 1 N–H and O–H groups in total. The molecule has 122 valence electrons. The van der Waals surface area contributed by atoms with Gasteiger partial charge in [0.2, 0.25) is 5.91 Å². The first kappa shape index (κ1) is 16.1. The molecule has 1 amide bonds. The molecule has 0 saturated carbocycles. The standard InChI is InChI=1S/C18H16N2O3S/c1-24(22,23)16-10-3-2-6-14(16)12-17(21)20-15-9-4-7-13-8-5-11-19-18(13)15/h2-11H,12H2,1H3,(H,20,21). The highest BCUT2D eigenvalue weighted by Gasteiger charge is 2.15. The van der Waals surface area contributed by atoms with E-state index in [1.54, 1.807) is 30.5 Å². The second kappa shape index (κ2) is 6.41. The van der Waals surface area contributed by atoms with Crippen molar-refractivity contribution in [2.75, 3.05) is 11.6 Å². The summed E-state index contributed by atoms with van der Waals surface area (Å²) in [4.78, 5) is 16.8. The minimum atomic E-state index is -3.38. The predicted octanol–water partition coefficient (Wildman–Crippen LogP) is 2.82. The molecule has 3 aromatic rings. The zero-order valence-electron chi connectivity index (χ0n) is 13.1. The topological polar surface area (TPSA) is 76.1 Å². The third-order valence-corrected chi connectivity index (χ3v) is 4.83. The summed E-state index contributed by atoms with van der Waals surface area (Å²) in [6.07, 6.45) is 2.78. The number of anilines is 1. The summed E-state index contributed by atoms with van der Waals surface area (Å²) in [5.74, 6) is -0.288. The van der Waals surface area contributed by atoms with Crippen molar-refractivity contribution in [3.8, 4) is 0 Å². The number of fused-ring (bicyclic) bond motifs is 1. The van der Waals surface area contributed by atoms with Crippen molar-refractivity contribution in [2.24, 2.45) is 0 Å². The average molecular weight is 340 g/mol. The lowest BCUT2D eigenvalue weighted by Gasteiger charge is -2.10. The molecule has 6 heteroatoms. The number of benzene rings is 2. The van der Waals surface area contributed by atoms with E-state index in [1.807, 2.05) is 24.3 Å². The molecule has 0 aliphatic carbocycles. The van der Waals surface area contributed by atoms with Gasteiger partial charge in [0.25, 0.3) is 0 Å². The van der Waals surface area contributed by atoms with E-state index < -0.39 is 9.84 Å². The first-order valence-electron chi connectivity index (χ1n) is 7.37. The molecule has 1 heterocycles. The summed E-state index contributed by atoms with van der Waals surface area (Å²) in [6.45, 7) is 0. The van der Waals surface area contributed by atoms with Crippen LogP contribution in [0.15, 0.2) is 65.7 Å². The fraction of sp³-hybridized carbons (Fsp3) is 0.111. The van der Waals surface area contributed by atoms with Crippen LogP contribution in [0.1, 0.15) is 5.56 Å². The Labute approximate surface area is 140 Å². The highest BCUT2D eigenvalue weighted by Crippen LogP contribution is 2.21. The maximum Gasteiger partial charge on any atom is 0.228 e. The molecule has 0 aliphatic rings. The molecule has 0 aliphatic heterocycles. The van der Waals surface area contributed by atoms with Gasteiger partial charge in [-0.1, -0.05) is 36.4 Å². The van der Waals surface area contributed by atoms with Crippen LogP contribution in [0.3, 0.4) is 0 Å². The van der Waals surface area contributed by atoms with Crippen molar-refractivity contribution < 1.29 is 13.2 Å². The lowest BCUT2D eigenvalue weighted by atomic mass is 10.1. The number of hydrogen-bond acceptors (Lipinski definition) is 4. The number of amides is 1. The summed E-state index contributed by atoms with van der Waals surface area (Å²) in [6, 6.07) is 15.8. The van der Waals surface area contributed by atoms with Crippen LogP contribution in [-0.4, -0.2) is 25.6 Å². The molecule has 1 aromatic heterocycles. The molecule has 0 atom stereocenters. The van der Waals surface area contributed by atoms with Crippen LogP contribution >= 0.6 is 0 Å². The molecule has 2 aromatic carbocycles. The van der Waals surface area contributed by atoms with Gasteiger partial charge < -0.3 is 5.32 Å². The second-order valence-electron chi connectivity index (χ2n) is 5.49. The number of para-hydroxylation sites is 1. The Morgan fingerprint density at radius 1 is 1.04 bits per heavy atom. The van der Waals surface area contributed by atoms with Crippen molar-refractivity contribution in [3.05, 3.63) is 66.4 Å². The maximum atomic E-state index is 12.4. The van der Waals surface area contributed by atoms with Crippen molar-refractivity contribution in [2.45, 2.75) is 11.3 Å². The highest BCUT2D eigenvalue weighted by atomic mass is 32.2. The van der Waals surface area contributed by atoms with Gasteiger partial charge in [0.1, 0.15) is 0 Å². The van der Waals surface area contributed by atoms with Gasteiger partial charge >= 0.3 is 0 Å². The monoisotopic (exact) mass is 340 g/mol. The van der Waals surface area contributed by atoms with E-state index in [9.17, 15) is 13.2 Å². The van der Waals surface area contributed by atoms with E-state index in [0.717, 1.165) is 11.6 Å². The van der Waals surface area contributed by atoms with E-state index in [-0.39, 0.29) is 17.2 Å². The van der Waals surface area contributed by atoms with Crippen molar-refractivity contribution >= 4 is 32.3 Å². The van der Waals surface area contributed by atoms with Gasteiger partial charge in [0.15, 0.2) is 9.84 Å². The van der Waals surface area contributed by atoms with Gasteiger partial charge in [0, 0.05) is 17.8 Å². The summed E-state index contributed by atoms with van der Waals surface area (Å²) in [7, 11) is -3.38. The molecule has 24 heavy (non-hydrogen) atoms. The van der Waals surface area contributed by atoms with E-state index in [0.29, 0.717) is 16.8 Å². The van der Waals surface area contributed by atoms with Crippen LogP contribution in [-0.2, 0) is 21.1 Å². The van der Waals surface area contributed by atoms with Gasteiger partial charge in [-0.2, -0.15) is 0 Å². The first-order chi connectivity index (χ1) is 11.4. The van der Waals surface area contributed by atoms with Crippen molar-refractivity contribution in [1.82, 2.24) is 4.98 Å². The Balaban J connectivity index is 1.87. The van der Waals surface area contributed by atoms with Crippen LogP contribution in [0, 0.1) is 0 Å². The van der Waals surface area contributed by atoms with Gasteiger partial charge in [-0.15, -0.1) is 0 Å². The number of aromatic nitrogens is 1. The molecule has 0 fully saturated rings. The number of hydrogen-bond donors (Lipinski definition) is 1. The summed E-state index contributed by atoms with van der Waals surface area (Å²) >= 11 is 0. The molecular weight excluding hydrogens is 324 g/mol. The summed E-state index contributed by atoms with van der Waals surface area (Å²) in [5.41, 5.74) is 1.78. The molecule has 0 bridgehead atoms. The van der Waals surface area contributed by atoms with Crippen LogP contribution in [0.2, 0.25) is 0 Å². The van der Waals surface area contributed by atoms with E-state index in [1.165, 1.54) is 6.07 Å². The fourth-order valence-electron chi connectivity index (χ4n) is 2.58. The number of sulfone groups is 1. The zero-order valence-corrected chi connectivity index (χ0v) is 13.9. The van der Waals surface area contributed by atoms with E-state index >= 15 is 0 Å². The first-order valence-corrected chi connectivity index (χ1v) is 9.26. The molecular formula is C18H16N2O3S. The Kier molecular flexibility index (Phi) is 4.31. The number of rotatable bonds is 4. The molecule has 5 nitrogen and oxygen atoms in total. The quantitative estimate of drug-likeness (QED) is 0.792. The van der Waals surface area contributed by atoms with Gasteiger partial charge in [-0.05, 0) is 23.8 Å². The van der Waals surface area contributed by atoms with Gasteiger partial charge in [-0.25, -0.2) is 8.42 Å². The zero-order chi connectivity index (χ0) is 17.2. The van der Waals surface area contributed by atoms with Crippen LogP contribution in [0.25, 0.3) is 10.9 Å². The highest BCUT2D eigenvalue weighted by molar-refractivity contribution is 7.90. The molecule has 0 unspecified atom stereocenters. The minimum absolute atomic E-state index is 0.0214. The lowest BCUT2D eigenvalue weighted by Crippen LogP contribution is -2.16. The Bertz CT molecular complexity index is 1010. The average Bonchev–Trinajstić information content (AvgIpc) is 2.54. The number of carbonyl (C=O) groups excluding carboxylic acids is 1. The Hall–Kier alpha value is -2.73. The molecule has 0 saturated heterocycles. The SMILES string of the molecule is CS(=O)(=O)c1ccccc1CC(=O)Nc1cccc2cccnc12. The van der Waals surface area contributed by atoms with Crippen molar-refractivity contribution in [3.63, 3.8) is 0 Å². The molecule has 0 radical (unpaired) electrons. The lowest BCUT2D eigenvalue weighted by molar-refractivity contribution is -0.115. The second-order valence-corrected chi connectivity index (χ2v) is 7.47. The smallest absolute Gasteiger partial charge is 0.228 e. The third-order valence-electron chi connectivity index (χ3n) is 3.63. The van der Waals surface area contributed by atoms with Crippen LogP contribution < -0.4 is 5.32 Å².